The first-order valence-electron chi connectivity index (χ1n) is 6.60. The molecule has 7 N–H and O–H groups in total. The maximum Gasteiger partial charge on any atom is 0.252 e. The van der Waals surface area contributed by atoms with Crippen LogP contribution in [0.5, 0.6) is 0 Å². The molecule has 0 bridgehead atoms. The number of aliphatic hydroxyl groups is 3. The molecule has 1 aliphatic heterocycles. The molecule has 0 aromatic carbocycles. The monoisotopic (exact) mass is 387 g/mol. The van der Waals surface area contributed by atoms with E-state index in [-0.39, 0.29) is 27.0 Å². The molecule has 0 aliphatic carbocycles. The van der Waals surface area contributed by atoms with Gasteiger partial charge in [0.15, 0.2) is 6.23 Å². The van der Waals surface area contributed by atoms with E-state index in [4.69, 9.17) is 16.2 Å². The normalized spacial score (nSPS) is 27.7. The summed E-state index contributed by atoms with van der Waals surface area (Å²) in [5.74, 6) is -0.733. The summed E-state index contributed by atoms with van der Waals surface area (Å²) in [5, 5.41) is 29.5. The number of nitrogens with zero attached hydrogens (tertiary/aromatic N) is 3. The minimum atomic E-state index is -1.35. The van der Waals surface area contributed by atoms with E-state index in [1.807, 2.05) is 0 Å². The average Bonchev–Trinajstić information content (AvgIpc) is 2.95. The molecule has 0 radical (unpaired) electrons. The van der Waals surface area contributed by atoms with Gasteiger partial charge >= 0.3 is 0 Å². The molecule has 0 saturated carbocycles. The van der Waals surface area contributed by atoms with Gasteiger partial charge in [-0.25, -0.2) is 9.97 Å². The third kappa shape index (κ3) is 2.28. The van der Waals surface area contributed by atoms with E-state index in [0.29, 0.717) is 0 Å². The van der Waals surface area contributed by atoms with Crippen molar-refractivity contribution in [1.82, 2.24) is 14.5 Å². The van der Waals surface area contributed by atoms with E-state index in [2.05, 4.69) is 25.9 Å². The van der Waals surface area contributed by atoms with Crippen LogP contribution in [0.4, 0.5) is 5.82 Å². The Morgan fingerprint density at radius 2 is 2.09 bits per heavy atom. The molecule has 23 heavy (non-hydrogen) atoms. The van der Waals surface area contributed by atoms with Gasteiger partial charge in [-0.1, -0.05) is 0 Å². The number of nitrogens with two attached hydrogens (primary N) is 2. The lowest BCUT2D eigenvalue weighted by atomic mass is 10.1. The second-order valence-electron chi connectivity index (χ2n) is 5.09. The Morgan fingerprint density at radius 1 is 1.39 bits per heavy atom. The number of halogens is 1. The Hall–Kier alpha value is -1.79. The third-order valence-corrected chi connectivity index (χ3v) is 4.55. The molecule has 1 saturated heterocycles. The van der Waals surface area contributed by atoms with Crippen LogP contribution in [-0.4, -0.2) is 60.7 Å². The molecule has 1 amide bonds. The number of primary amides is 1. The number of nitrogen functional groups attached to an aromatic ring is 1. The Balaban J connectivity index is 2.25. The van der Waals surface area contributed by atoms with E-state index in [1.54, 1.807) is 0 Å². The van der Waals surface area contributed by atoms with Gasteiger partial charge in [-0.05, 0) is 15.9 Å². The van der Waals surface area contributed by atoms with Gasteiger partial charge in [0.25, 0.3) is 5.91 Å². The highest BCUT2D eigenvalue weighted by Crippen LogP contribution is 2.39. The third-order valence-electron chi connectivity index (χ3n) is 3.77. The molecule has 1 aliphatic rings. The summed E-state index contributed by atoms with van der Waals surface area (Å²) in [6.45, 7) is -0.481. The molecule has 4 atom stereocenters. The van der Waals surface area contributed by atoms with Crippen LogP contribution in [0.3, 0.4) is 0 Å². The summed E-state index contributed by atoms with van der Waals surface area (Å²) < 4.78 is 7.00. The van der Waals surface area contributed by atoms with E-state index in [0.717, 1.165) is 0 Å². The zero-order valence-electron chi connectivity index (χ0n) is 11.6. The number of anilines is 1. The van der Waals surface area contributed by atoms with Crippen molar-refractivity contribution in [3.05, 3.63) is 16.5 Å². The highest BCUT2D eigenvalue weighted by molar-refractivity contribution is 9.10. The molecule has 10 nitrogen and oxygen atoms in total. The number of hydrogen-bond donors (Lipinski definition) is 5. The average molecular weight is 388 g/mol. The van der Waals surface area contributed by atoms with Crippen LogP contribution in [-0.2, 0) is 4.74 Å². The van der Waals surface area contributed by atoms with Crippen molar-refractivity contribution in [2.75, 3.05) is 12.3 Å². The van der Waals surface area contributed by atoms with Crippen LogP contribution in [0, 0.1) is 0 Å². The Bertz CT molecular complexity index is 781. The van der Waals surface area contributed by atoms with Gasteiger partial charge in [-0.2, -0.15) is 0 Å². The second kappa shape index (κ2) is 5.69. The molecule has 11 heteroatoms. The Kier molecular flexibility index (Phi) is 3.98. The first kappa shape index (κ1) is 16.1. The Morgan fingerprint density at radius 3 is 2.65 bits per heavy atom. The fraction of sp³-hybridized carbons (Fsp3) is 0.417. The fourth-order valence-corrected chi connectivity index (χ4v) is 3.44. The van der Waals surface area contributed by atoms with E-state index in [1.165, 1.54) is 10.9 Å². The zero-order chi connectivity index (χ0) is 16.9. The minimum Gasteiger partial charge on any atom is -0.394 e. The summed E-state index contributed by atoms with van der Waals surface area (Å²) in [6, 6.07) is 0. The quantitative estimate of drug-likeness (QED) is 0.422. The maximum atomic E-state index is 11.8. The van der Waals surface area contributed by atoms with Crippen molar-refractivity contribution in [3.63, 3.8) is 0 Å². The van der Waals surface area contributed by atoms with Crippen molar-refractivity contribution in [2.45, 2.75) is 24.5 Å². The van der Waals surface area contributed by atoms with Crippen molar-refractivity contribution in [2.24, 2.45) is 5.73 Å². The number of hydrogen-bond acceptors (Lipinski definition) is 8. The predicted octanol–water partition coefficient (Wildman–Crippen LogP) is -1.51. The maximum absolute atomic E-state index is 11.8. The molecular weight excluding hydrogens is 374 g/mol. The lowest BCUT2D eigenvalue weighted by molar-refractivity contribution is -0.0518. The minimum absolute atomic E-state index is 0.0370. The summed E-state index contributed by atoms with van der Waals surface area (Å²) in [5.41, 5.74) is 11.4. The van der Waals surface area contributed by atoms with E-state index < -0.39 is 37.1 Å². The number of fused-ring (bicyclic) bond motifs is 1. The van der Waals surface area contributed by atoms with Crippen LogP contribution in [0.1, 0.15) is 16.6 Å². The number of aliphatic hydroxyl groups excluding tert-OH is 3. The van der Waals surface area contributed by atoms with Gasteiger partial charge in [0, 0.05) is 0 Å². The number of aromatic nitrogens is 3. The van der Waals surface area contributed by atoms with E-state index in [9.17, 15) is 20.1 Å². The molecule has 1 fully saturated rings. The van der Waals surface area contributed by atoms with Gasteiger partial charge in [0.1, 0.15) is 40.7 Å². The summed E-state index contributed by atoms with van der Waals surface area (Å²) in [7, 11) is 0. The van der Waals surface area contributed by atoms with Crippen molar-refractivity contribution >= 4 is 38.7 Å². The summed E-state index contributed by atoms with van der Waals surface area (Å²) in [6.07, 6.45) is -3.54. The highest BCUT2D eigenvalue weighted by atomic mass is 79.9. The molecular formula is C12H14BrN5O5. The summed E-state index contributed by atoms with van der Waals surface area (Å²) >= 11 is 3.23. The highest BCUT2D eigenvalue weighted by Gasteiger charge is 2.45. The van der Waals surface area contributed by atoms with E-state index >= 15 is 0 Å². The van der Waals surface area contributed by atoms with Gasteiger partial charge in [0.2, 0.25) is 0 Å². The molecule has 124 valence electrons. The van der Waals surface area contributed by atoms with Crippen LogP contribution in [0.2, 0.25) is 0 Å². The molecule has 3 heterocycles. The zero-order valence-corrected chi connectivity index (χ0v) is 13.2. The van der Waals surface area contributed by atoms with Crippen molar-refractivity contribution in [1.29, 1.82) is 0 Å². The SMILES string of the molecule is NC(=O)c1c(Br)n([C@@H]2O[C@@H](CO)[C@H](O)[C@H]2O)c2ncnc(N)c12. The summed E-state index contributed by atoms with van der Waals surface area (Å²) in [4.78, 5) is 19.6. The second-order valence-corrected chi connectivity index (χ2v) is 5.84. The number of carbonyl (C=O) groups is 1. The van der Waals surface area contributed by atoms with Crippen LogP contribution < -0.4 is 11.5 Å². The predicted molar refractivity (Wildman–Crippen MR) is 81.2 cm³/mol. The number of amides is 1. The number of rotatable bonds is 3. The molecule has 2 aromatic heterocycles. The van der Waals surface area contributed by atoms with Crippen molar-refractivity contribution in [3.8, 4) is 0 Å². The van der Waals surface area contributed by atoms with Crippen LogP contribution >= 0.6 is 15.9 Å². The first-order chi connectivity index (χ1) is 10.9. The smallest absolute Gasteiger partial charge is 0.252 e. The standard InChI is InChI=1S/C12H14BrN5O5/c13-8-4(10(15)22)5-9(14)16-2-17-11(5)18(8)12-7(21)6(20)3(1-19)23-12/h2-3,6-7,12,19-21H,1H2,(H2,15,22)(H2,14,16,17)/t3-,6-,7+,12+/m0/s1. The van der Waals surface area contributed by atoms with Crippen LogP contribution in [0.25, 0.3) is 11.0 Å². The lowest BCUT2D eigenvalue weighted by Crippen LogP contribution is -2.33. The van der Waals surface area contributed by atoms with Gasteiger partial charge < -0.3 is 31.5 Å². The lowest BCUT2D eigenvalue weighted by Gasteiger charge is -2.18. The first-order valence-corrected chi connectivity index (χ1v) is 7.39. The Labute approximate surface area is 137 Å². The number of ether oxygens (including phenoxy) is 1. The van der Waals surface area contributed by atoms with Gasteiger partial charge in [-0.15, -0.1) is 0 Å². The topological polar surface area (TPSA) is 170 Å². The fourth-order valence-electron chi connectivity index (χ4n) is 2.68. The van der Waals surface area contributed by atoms with Crippen LogP contribution in [0.15, 0.2) is 10.9 Å². The van der Waals surface area contributed by atoms with Crippen molar-refractivity contribution < 1.29 is 24.9 Å². The number of carbonyl (C=O) groups excluding carboxylic acids is 1. The molecule has 0 unspecified atom stereocenters. The van der Waals surface area contributed by atoms with Gasteiger partial charge in [0.05, 0.1) is 17.6 Å². The molecule has 0 spiro atoms. The molecule has 3 rings (SSSR count). The largest absolute Gasteiger partial charge is 0.394 e. The molecule has 2 aromatic rings. The van der Waals surface area contributed by atoms with Gasteiger partial charge in [-0.3, -0.25) is 9.36 Å².